The zero-order valence-electron chi connectivity index (χ0n) is 15.1. The van der Waals surface area contributed by atoms with Gasteiger partial charge in [0.25, 0.3) is 0 Å². The van der Waals surface area contributed by atoms with Gasteiger partial charge >= 0.3 is 0 Å². The summed E-state index contributed by atoms with van der Waals surface area (Å²) in [7, 11) is 0. The molecule has 142 valence electrons. The number of carbonyl (C=O) groups excluding carboxylic acids is 2. The zero-order valence-corrected chi connectivity index (χ0v) is 15.8. The number of halogens is 1. The van der Waals surface area contributed by atoms with Crippen LogP contribution in [0, 0.1) is 0 Å². The monoisotopic (exact) mass is 395 g/mol. The van der Waals surface area contributed by atoms with Crippen molar-refractivity contribution in [3.8, 4) is 0 Å². The van der Waals surface area contributed by atoms with Gasteiger partial charge in [-0.05, 0) is 41.5 Å². The lowest BCUT2D eigenvalue weighted by Gasteiger charge is -2.02. The molecule has 2 N–H and O–H groups in total. The van der Waals surface area contributed by atoms with Crippen LogP contribution in [-0.4, -0.2) is 26.3 Å². The van der Waals surface area contributed by atoms with Crippen molar-refractivity contribution in [3.05, 3.63) is 77.3 Å². The molecule has 0 fully saturated rings. The van der Waals surface area contributed by atoms with Crippen LogP contribution < -0.4 is 10.6 Å². The van der Waals surface area contributed by atoms with Gasteiger partial charge in [-0.2, -0.15) is 0 Å². The van der Waals surface area contributed by atoms with Crippen LogP contribution in [0.15, 0.2) is 61.2 Å². The van der Waals surface area contributed by atoms with Gasteiger partial charge in [0.2, 0.25) is 11.8 Å². The Morgan fingerprint density at radius 3 is 2.71 bits per heavy atom. The van der Waals surface area contributed by atoms with Crippen molar-refractivity contribution in [3.63, 3.8) is 0 Å². The van der Waals surface area contributed by atoms with Gasteiger partial charge in [-0.15, -0.1) is 0 Å². The fraction of sp³-hybridized carbons (Fsp3) is 0.100. The highest BCUT2D eigenvalue weighted by molar-refractivity contribution is 6.30. The van der Waals surface area contributed by atoms with Gasteiger partial charge in [0.05, 0.1) is 6.33 Å². The number of benzene rings is 1. The fourth-order valence-electron chi connectivity index (χ4n) is 2.46. The molecular formula is C20H18ClN5O2. The summed E-state index contributed by atoms with van der Waals surface area (Å²) in [5.74, 6) is 0.416. The number of hydrogen-bond donors (Lipinski definition) is 2. The second kappa shape index (κ2) is 8.96. The minimum absolute atomic E-state index is 0.190. The third-order valence-corrected chi connectivity index (χ3v) is 3.89. The molecule has 0 saturated heterocycles. The van der Waals surface area contributed by atoms with E-state index in [2.05, 4.69) is 20.6 Å². The summed E-state index contributed by atoms with van der Waals surface area (Å²) in [6, 6.07) is 11.0. The van der Waals surface area contributed by atoms with E-state index in [4.69, 9.17) is 11.6 Å². The summed E-state index contributed by atoms with van der Waals surface area (Å²) in [6.45, 7) is 2.02. The Morgan fingerprint density at radius 2 is 2.00 bits per heavy atom. The van der Waals surface area contributed by atoms with E-state index in [1.807, 2.05) is 28.8 Å². The van der Waals surface area contributed by atoms with E-state index >= 15 is 0 Å². The van der Waals surface area contributed by atoms with Crippen LogP contribution in [0.1, 0.15) is 18.1 Å². The average molecular weight is 396 g/mol. The lowest BCUT2D eigenvalue weighted by molar-refractivity contribution is -0.114. The van der Waals surface area contributed by atoms with Crippen LogP contribution in [0.4, 0.5) is 11.6 Å². The Hall–Kier alpha value is -3.45. The molecule has 0 radical (unpaired) electrons. The molecule has 3 rings (SSSR count). The summed E-state index contributed by atoms with van der Waals surface area (Å²) in [4.78, 5) is 31.3. The molecule has 2 amide bonds. The van der Waals surface area contributed by atoms with Crippen LogP contribution in [0.5, 0.6) is 0 Å². The third-order valence-electron chi connectivity index (χ3n) is 3.66. The predicted molar refractivity (Wildman–Crippen MR) is 109 cm³/mol. The van der Waals surface area contributed by atoms with Crippen molar-refractivity contribution >= 4 is 41.1 Å². The van der Waals surface area contributed by atoms with E-state index in [1.54, 1.807) is 36.9 Å². The van der Waals surface area contributed by atoms with E-state index in [0.29, 0.717) is 23.2 Å². The van der Waals surface area contributed by atoms with Crippen molar-refractivity contribution in [1.29, 1.82) is 0 Å². The lowest BCUT2D eigenvalue weighted by Crippen LogP contribution is -2.08. The maximum absolute atomic E-state index is 12.1. The molecule has 0 aliphatic rings. The maximum Gasteiger partial charge on any atom is 0.249 e. The van der Waals surface area contributed by atoms with Crippen LogP contribution in [0.2, 0.25) is 5.02 Å². The van der Waals surface area contributed by atoms with E-state index in [1.165, 1.54) is 13.0 Å². The smallest absolute Gasteiger partial charge is 0.249 e. The second-order valence-corrected chi connectivity index (χ2v) is 6.48. The molecule has 0 unspecified atom stereocenters. The minimum atomic E-state index is -0.307. The molecule has 2 heterocycles. The van der Waals surface area contributed by atoms with Crippen molar-refractivity contribution in [1.82, 2.24) is 14.5 Å². The highest BCUT2D eigenvalue weighted by Crippen LogP contribution is 2.13. The summed E-state index contributed by atoms with van der Waals surface area (Å²) in [6.07, 6.45) is 7.98. The van der Waals surface area contributed by atoms with Crippen LogP contribution in [0.3, 0.4) is 0 Å². The molecular weight excluding hydrogens is 378 g/mol. The Morgan fingerprint density at radius 1 is 1.14 bits per heavy atom. The average Bonchev–Trinajstić information content (AvgIpc) is 3.07. The summed E-state index contributed by atoms with van der Waals surface area (Å²) >= 11 is 5.99. The first-order chi connectivity index (χ1) is 13.5. The maximum atomic E-state index is 12.1. The SMILES string of the molecule is CC(=O)Nc1ccc(/C=C/C(=O)Nc2cn(Cc3cccc(Cl)c3)cn2)cn1. The fourth-order valence-corrected chi connectivity index (χ4v) is 2.67. The second-order valence-electron chi connectivity index (χ2n) is 6.04. The van der Waals surface area contributed by atoms with Gasteiger partial charge in [0, 0.05) is 37.0 Å². The molecule has 0 aliphatic heterocycles. The van der Waals surface area contributed by atoms with Crippen molar-refractivity contribution in [2.45, 2.75) is 13.5 Å². The molecule has 0 atom stereocenters. The Labute approximate surface area is 167 Å². The quantitative estimate of drug-likeness (QED) is 0.624. The predicted octanol–water partition coefficient (Wildman–Crippen LogP) is 3.59. The van der Waals surface area contributed by atoms with Gasteiger partial charge in [0.15, 0.2) is 5.82 Å². The molecule has 0 aliphatic carbocycles. The number of nitrogens with zero attached hydrogens (tertiary/aromatic N) is 3. The Balaban J connectivity index is 1.55. The molecule has 1 aromatic carbocycles. The molecule has 3 aromatic rings. The van der Waals surface area contributed by atoms with Gasteiger partial charge in [-0.25, -0.2) is 9.97 Å². The van der Waals surface area contributed by atoms with E-state index in [0.717, 1.165) is 11.1 Å². The number of carbonyl (C=O) groups is 2. The first kappa shape index (κ1) is 19.3. The van der Waals surface area contributed by atoms with Crippen LogP contribution in [-0.2, 0) is 16.1 Å². The first-order valence-corrected chi connectivity index (χ1v) is 8.85. The van der Waals surface area contributed by atoms with Crippen molar-refractivity contribution < 1.29 is 9.59 Å². The highest BCUT2D eigenvalue weighted by atomic mass is 35.5. The molecule has 0 bridgehead atoms. The molecule has 0 saturated carbocycles. The first-order valence-electron chi connectivity index (χ1n) is 8.47. The Bertz CT molecular complexity index is 1010. The summed E-state index contributed by atoms with van der Waals surface area (Å²) in [5.41, 5.74) is 1.77. The molecule has 8 heteroatoms. The van der Waals surface area contributed by atoms with E-state index in [-0.39, 0.29) is 11.8 Å². The summed E-state index contributed by atoms with van der Waals surface area (Å²) in [5, 5.41) is 5.96. The summed E-state index contributed by atoms with van der Waals surface area (Å²) < 4.78 is 1.86. The van der Waals surface area contributed by atoms with E-state index < -0.39 is 0 Å². The normalized spacial score (nSPS) is 10.8. The van der Waals surface area contributed by atoms with Crippen molar-refractivity contribution in [2.75, 3.05) is 10.6 Å². The van der Waals surface area contributed by atoms with Gasteiger partial charge in [-0.3, -0.25) is 9.59 Å². The minimum Gasteiger partial charge on any atom is -0.331 e. The zero-order chi connectivity index (χ0) is 19.9. The number of rotatable bonds is 6. The topological polar surface area (TPSA) is 88.9 Å². The number of imidazole rings is 1. The van der Waals surface area contributed by atoms with Crippen molar-refractivity contribution in [2.24, 2.45) is 0 Å². The largest absolute Gasteiger partial charge is 0.331 e. The highest BCUT2D eigenvalue weighted by Gasteiger charge is 2.03. The number of anilines is 2. The molecule has 2 aromatic heterocycles. The number of amides is 2. The van der Waals surface area contributed by atoms with Gasteiger partial charge < -0.3 is 15.2 Å². The third kappa shape index (κ3) is 5.78. The van der Waals surface area contributed by atoms with Gasteiger partial charge in [0.1, 0.15) is 5.82 Å². The number of pyridine rings is 1. The lowest BCUT2D eigenvalue weighted by atomic mass is 10.2. The van der Waals surface area contributed by atoms with Crippen LogP contribution >= 0.6 is 11.6 Å². The van der Waals surface area contributed by atoms with E-state index in [9.17, 15) is 9.59 Å². The molecule has 0 spiro atoms. The van der Waals surface area contributed by atoms with Crippen LogP contribution in [0.25, 0.3) is 6.08 Å². The number of aromatic nitrogens is 3. The number of hydrogen-bond acceptors (Lipinski definition) is 4. The Kier molecular flexibility index (Phi) is 6.18. The molecule has 7 nitrogen and oxygen atoms in total. The molecule has 28 heavy (non-hydrogen) atoms. The standard InChI is InChI=1S/C20H18ClN5O2/c1-14(27)24-18-7-5-15(10-22-18)6-8-20(28)25-19-12-26(13-23-19)11-16-3-2-4-17(21)9-16/h2-10,12-13H,11H2,1H3,(H,25,28)(H,22,24,27)/b8-6+. The van der Waals surface area contributed by atoms with Gasteiger partial charge in [-0.1, -0.05) is 23.7 Å². The number of nitrogens with one attached hydrogen (secondary N) is 2.